The van der Waals surface area contributed by atoms with Crippen LogP contribution < -0.4 is 10.2 Å². The molecule has 3 heterocycles. The molecule has 1 fully saturated rings. The molecule has 1 saturated heterocycles. The van der Waals surface area contributed by atoms with Gasteiger partial charge in [-0.25, -0.2) is 9.97 Å². The fraction of sp³-hybridized carbons (Fsp3) is 0.381. The lowest BCUT2D eigenvalue weighted by Crippen LogP contribution is -2.47. The third-order valence-electron chi connectivity index (χ3n) is 5.33. The quantitative estimate of drug-likeness (QED) is 0.777. The minimum absolute atomic E-state index is 0.134. The van der Waals surface area contributed by atoms with E-state index in [4.69, 9.17) is 0 Å². The topological polar surface area (TPSA) is 95.5 Å². The number of carbonyl (C=O) groups is 3. The first-order valence-corrected chi connectivity index (χ1v) is 9.80. The highest BCUT2D eigenvalue weighted by molar-refractivity contribution is 6.22. The van der Waals surface area contributed by atoms with Crippen LogP contribution in [-0.4, -0.2) is 51.7 Å². The average Bonchev–Trinajstić information content (AvgIpc) is 3.33. The average molecular weight is 393 g/mol. The standard InChI is InChI=1S/C21H23N5O3/c1-13-11-18(25-9-5-6-10-25)24-17(23-13)12-22-19(27)14(2)26-20(28)15-7-3-4-8-16(15)21(26)29/h3-4,7-8,11,14H,5-6,9-10,12H2,1-2H3,(H,22,27). The Hall–Kier alpha value is -3.29. The molecular weight excluding hydrogens is 370 g/mol. The smallest absolute Gasteiger partial charge is 0.262 e. The summed E-state index contributed by atoms with van der Waals surface area (Å²) in [6.45, 7) is 5.52. The zero-order valence-electron chi connectivity index (χ0n) is 16.5. The van der Waals surface area contributed by atoms with Gasteiger partial charge in [0.15, 0.2) is 0 Å². The number of carbonyl (C=O) groups excluding carboxylic acids is 3. The van der Waals surface area contributed by atoms with Gasteiger partial charge in [0.05, 0.1) is 17.7 Å². The zero-order valence-corrected chi connectivity index (χ0v) is 16.5. The van der Waals surface area contributed by atoms with E-state index in [0.717, 1.165) is 42.3 Å². The summed E-state index contributed by atoms with van der Waals surface area (Å²) < 4.78 is 0. The molecule has 0 saturated carbocycles. The van der Waals surface area contributed by atoms with Crippen LogP contribution in [0.2, 0.25) is 0 Å². The molecule has 0 radical (unpaired) electrons. The number of hydrogen-bond donors (Lipinski definition) is 1. The normalized spacial score (nSPS) is 16.9. The molecule has 4 rings (SSSR count). The Bertz CT molecular complexity index is 949. The second-order valence-electron chi connectivity index (χ2n) is 7.40. The number of imide groups is 1. The Morgan fingerprint density at radius 1 is 1.10 bits per heavy atom. The van der Waals surface area contributed by atoms with Crippen LogP contribution in [0.25, 0.3) is 0 Å². The maximum Gasteiger partial charge on any atom is 0.262 e. The van der Waals surface area contributed by atoms with Crippen LogP contribution in [-0.2, 0) is 11.3 Å². The van der Waals surface area contributed by atoms with Crippen molar-refractivity contribution in [2.75, 3.05) is 18.0 Å². The molecule has 1 unspecified atom stereocenters. The molecule has 29 heavy (non-hydrogen) atoms. The third-order valence-corrected chi connectivity index (χ3v) is 5.33. The van der Waals surface area contributed by atoms with Crippen LogP contribution in [0.1, 0.15) is 52.0 Å². The second-order valence-corrected chi connectivity index (χ2v) is 7.40. The summed E-state index contributed by atoms with van der Waals surface area (Å²) >= 11 is 0. The highest BCUT2D eigenvalue weighted by Crippen LogP contribution is 2.24. The van der Waals surface area contributed by atoms with E-state index in [1.807, 2.05) is 13.0 Å². The minimum Gasteiger partial charge on any atom is -0.357 e. The van der Waals surface area contributed by atoms with Gasteiger partial charge < -0.3 is 10.2 Å². The summed E-state index contributed by atoms with van der Waals surface area (Å²) in [4.78, 5) is 49.9. The predicted octanol–water partition coefficient (Wildman–Crippen LogP) is 1.69. The first-order valence-electron chi connectivity index (χ1n) is 9.80. The van der Waals surface area contributed by atoms with Gasteiger partial charge in [-0.1, -0.05) is 12.1 Å². The molecule has 2 aliphatic heterocycles. The molecule has 8 heteroatoms. The Balaban J connectivity index is 1.44. The van der Waals surface area contributed by atoms with Gasteiger partial charge in [-0.05, 0) is 38.8 Å². The lowest BCUT2D eigenvalue weighted by atomic mass is 10.1. The molecule has 0 bridgehead atoms. The Morgan fingerprint density at radius 2 is 1.72 bits per heavy atom. The molecule has 150 valence electrons. The number of nitrogens with zero attached hydrogens (tertiary/aromatic N) is 4. The highest BCUT2D eigenvalue weighted by Gasteiger charge is 2.40. The summed E-state index contributed by atoms with van der Waals surface area (Å²) in [6.07, 6.45) is 2.29. The SMILES string of the molecule is Cc1cc(N2CCCC2)nc(CNC(=O)C(C)N2C(=O)c3ccccc3C2=O)n1. The van der Waals surface area contributed by atoms with E-state index in [-0.39, 0.29) is 6.54 Å². The summed E-state index contributed by atoms with van der Waals surface area (Å²) in [5, 5.41) is 2.76. The van der Waals surface area contributed by atoms with Gasteiger partial charge in [0, 0.05) is 24.8 Å². The molecule has 3 amide bonds. The van der Waals surface area contributed by atoms with Gasteiger partial charge in [-0.15, -0.1) is 0 Å². The number of hydrogen-bond acceptors (Lipinski definition) is 6. The second kappa shape index (κ2) is 7.62. The van der Waals surface area contributed by atoms with Crippen LogP contribution in [0.15, 0.2) is 30.3 Å². The number of nitrogens with one attached hydrogen (secondary N) is 1. The molecule has 1 aromatic heterocycles. The first-order chi connectivity index (χ1) is 14.0. The van der Waals surface area contributed by atoms with Crippen LogP contribution >= 0.6 is 0 Å². The largest absolute Gasteiger partial charge is 0.357 e. The van der Waals surface area contributed by atoms with E-state index in [1.165, 1.54) is 0 Å². The fourth-order valence-corrected chi connectivity index (χ4v) is 3.79. The van der Waals surface area contributed by atoms with E-state index in [1.54, 1.807) is 31.2 Å². The van der Waals surface area contributed by atoms with E-state index >= 15 is 0 Å². The molecule has 8 nitrogen and oxygen atoms in total. The van der Waals surface area contributed by atoms with Gasteiger partial charge in [0.2, 0.25) is 5.91 Å². The lowest BCUT2D eigenvalue weighted by molar-refractivity contribution is -0.124. The molecule has 1 N–H and O–H groups in total. The van der Waals surface area contributed by atoms with E-state index < -0.39 is 23.8 Å². The molecule has 2 aliphatic rings. The number of aryl methyl sites for hydroxylation is 1. The van der Waals surface area contributed by atoms with Gasteiger partial charge >= 0.3 is 0 Å². The fourth-order valence-electron chi connectivity index (χ4n) is 3.79. The lowest BCUT2D eigenvalue weighted by Gasteiger charge is -2.22. The van der Waals surface area contributed by atoms with E-state index in [2.05, 4.69) is 20.2 Å². The highest BCUT2D eigenvalue weighted by atomic mass is 16.2. The Morgan fingerprint density at radius 3 is 2.34 bits per heavy atom. The molecular formula is C21H23N5O3. The maximum absolute atomic E-state index is 12.6. The van der Waals surface area contributed by atoms with Gasteiger partial charge in [0.25, 0.3) is 11.8 Å². The molecule has 1 aromatic carbocycles. The number of benzene rings is 1. The van der Waals surface area contributed by atoms with Crippen molar-refractivity contribution >= 4 is 23.5 Å². The number of anilines is 1. The summed E-state index contributed by atoms with van der Waals surface area (Å²) in [6, 6.07) is 7.61. The van der Waals surface area contributed by atoms with Crippen molar-refractivity contribution in [3.8, 4) is 0 Å². The monoisotopic (exact) mass is 393 g/mol. The molecule has 2 aromatic rings. The first kappa shape index (κ1) is 19.0. The van der Waals surface area contributed by atoms with Crippen LogP contribution in [0.3, 0.4) is 0 Å². The van der Waals surface area contributed by atoms with Crippen LogP contribution in [0, 0.1) is 6.92 Å². The molecule has 1 atom stereocenters. The number of fused-ring (bicyclic) bond motifs is 1. The number of aromatic nitrogens is 2. The van der Waals surface area contributed by atoms with Crippen molar-refractivity contribution in [3.63, 3.8) is 0 Å². The number of rotatable bonds is 5. The molecule has 0 aliphatic carbocycles. The van der Waals surface area contributed by atoms with Gasteiger partial charge in [-0.2, -0.15) is 0 Å². The van der Waals surface area contributed by atoms with Crippen molar-refractivity contribution in [2.24, 2.45) is 0 Å². The van der Waals surface area contributed by atoms with Crippen molar-refractivity contribution in [3.05, 3.63) is 53.0 Å². The molecule has 0 spiro atoms. The summed E-state index contributed by atoms with van der Waals surface area (Å²) in [5.74, 6) is 0.0579. The van der Waals surface area contributed by atoms with Crippen molar-refractivity contribution in [2.45, 2.75) is 39.3 Å². The van der Waals surface area contributed by atoms with E-state index in [0.29, 0.717) is 17.0 Å². The van der Waals surface area contributed by atoms with Crippen LogP contribution in [0.5, 0.6) is 0 Å². The third kappa shape index (κ3) is 3.57. The predicted molar refractivity (Wildman–Crippen MR) is 106 cm³/mol. The zero-order chi connectivity index (χ0) is 20.5. The van der Waals surface area contributed by atoms with Gasteiger partial charge in [-0.3, -0.25) is 19.3 Å². The summed E-state index contributed by atoms with van der Waals surface area (Å²) in [5.41, 5.74) is 1.49. The minimum atomic E-state index is -0.926. The Labute approximate surface area is 168 Å². The van der Waals surface area contributed by atoms with E-state index in [9.17, 15) is 14.4 Å². The Kier molecular flexibility index (Phi) is 5.00. The summed E-state index contributed by atoms with van der Waals surface area (Å²) in [7, 11) is 0. The van der Waals surface area contributed by atoms with Crippen LogP contribution in [0.4, 0.5) is 5.82 Å². The maximum atomic E-state index is 12.6. The van der Waals surface area contributed by atoms with Crippen molar-refractivity contribution in [1.82, 2.24) is 20.2 Å². The van der Waals surface area contributed by atoms with Crippen molar-refractivity contribution in [1.29, 1.82) is 0 Å². The van der Waals surface area contributed by atoms with Crippen molar-refractivity contribution < 1.29 is 14.4 Å². The number of amides is 3. The van der Waals surface area contributed by atoms with Gasteiger partial charge in [0.1, 0.15) is 17.7 Å².